The van der Waals surface area contributed by atoms with Crippen LogP contribution in [0.25, 0.3) is 0 Å². The van der Waals surface area contributed by atoms with Crippen LogP contribution in [-0.2, 0) is 4.74 Å². The molecule has 0 bridgehead atoms. The van der Waals surface area contributed by atoms with E-state index in [2.05, 4.69) is 5.32 Å². The average Bonchev–Trinajstić information content (AvgIpc) is 2.54. The van der Waals surface area contributed by atoms with Crippen molar-refractivity contribution in [3.8, 4) is 0 Å². The number of hydrogen-bond donors (Lipinski definition) is 1. The number of hydrogen-bond acceptors (Lipinski definition) is 2. The lowest BCUT2D eigenvalue weighted by Crippen LogP contribution is -2.27. The number of halogens is 3. The van der Waals surface area contributed by atoms with E-state index < -0.39 is 12.6 Å². The molecule has 0 aromatic heterocycles. The third-order valence-corrected chi connectivity index (χ3v) is 2.23. The highest BCUT2D eigenvalue weighted by molar-refractivity contribution is 4.73. The Morgan fingerprint density at radius 2 is 2.14 bits per heavy atom. The van der Waals surface area contributed by atoms with Crippen molar-refractivity contribution in [1.82, 2.24) is 5.32 Å². The van der Waals surface area contributed by atoms with E-state index in [-0.39, 0.29) is 13.0 Å². The zero-order chi connectivity index (χ0) is 10.4. The molecule has 0 aliphatic carbocycles. The Morgan fingerprint density at radius 3 is 2.71 bits per heavy atom. The third-order valence-electron chi connectivity index (χ3n) is 2.23. The van der Waals surface area contributed by atoms with Crippen LogP contribution in [0.5, 0.6) is 0 Å². The molecule has 0 saturated carbocycles. The topological polar surface area (TPSA) is 21.3 Å². The van der Waals surface area contributed by atoms with Crippen LogP contribution in [0, 0.1) is 0 Å². The minimum absolute atomic E-state index is 0.0657. The highest BCUT2D eigenvalue weighted by Crippen LogP contribution is 2.21. The fourth-order valence-electron chi connectivity index (χ4n) is 1.50. The van der Waals surface area contributed by atoms with Gasteiger partial charge in [-0.25, -0.2) is 0 Å². The second-order valence-corrected chi connectivity index (χ2v) is 3.59. The van der Waals surface area contributed by atoms with Crippen molar-refractivity contribution < 1.29 is 17.9 Å². The predicted octanol–water partition coefficient (Wildman–Crippen LogP) is 2.10. The molecule has 1 heterocycles. The summed E-state index contributed by atoms with van der Waals surface area (Å²) < 4.78 is 40.3. The zero-order valence-electron chi connectivity index (χ0n) is 8.07. The molecule has 1 fully saturated rings. The molecule has 84 valence electrons. The molecule has 0 radical (unpaired) electrons. The minimum Gasteiger partial charge on any atom is -0.380 e. The average molecular weight is 211 g/mol. The Morgan fingerprint density at radius 1 is 1.36 bits per heavy atom. The summed E-state index contributed by atoms with van der Waals surface area (Å²) in [6.45, 7) is 1.74. The molecule has 1 aliphatic heterocycles. The molecule has 1 N–H and O–H groups in total. The molecule has 14 heavy (non-hydrogen) atoms. The molecular formula is C9H16F3NO. The van der Waals surface area contributed by atoms with Crippen LogP contribution in [0.1, 0.15) is 25.7 Å². The highest BCUT2D eigenvalue weighted by atomic mass is 19.4. The first-order valence-corrected chi connectivity index (χ1v) is 4.96. The summed E-state index contributed by atoms with van der Waals surface area (Å²) in [5, 5.41) is 3.22. The van der Waals surface area contributed by atoms with Crippen molar-refractivity contribution in [2.75, 3.05) is 19.8 Å². The summed E-state index contributed by atoms with van der Waals surface area (Å²) in [4.78, 5) is 0. The third kappa shape index (κ3) is 5.44. The maximum absolute atomic E-state index is 11.7. The van der Waals surface area contributed by atoms with Gasteiger partial charge >= 0.3 is 6.18 Å². The highest BCUT2D eigenvalue weighted by Gasteiger charge is 2.26. The Hall–Kier alpha value is -0.290. The first-order chi connectivity index (χ1) is 6.58. The first-order valence-electron chi connectivity index (χ1n) is 4.96. The molecule has 0 spiro atoms. The van der Waals surface area contributed by atoms with Crippen molar-refractivity contribution >= 4 is 0 Å². The Kier molecular flexibility index (Phi) is 4.68. The van der Waals surface area contributed by atoms with Gasteiger partial charge < -0.3 is 10.1 Å². The van der Waals surface area contributed by atoms with Crippen molar-refractivity contribution in [3.63, 3.8) is 0 Å². The van der Waals surface area contributed by atoms with Crippen LogP contribution in [-0.4, -0.2) is 32.0 Å². The maximum atomic E-state index is 11.7. The van der Waals surface area contributed by atoms with Gasteiger partial charge in [-0.3, -0.25) is 0 Å². The summed E-state index contributed by atoms with van der Waals surface area (Å²) >= 11 is 0. The Balaban J connectivity index is 1.89. The van der Waals surface area contributed by atoms with Crippen LogP contribution in [0.2, 0.25) is 0 Å². The largest absolute Gasteiger partial charge is 0.389 e. The number of rotatable bonds is 5. The normalized spacial score (nSPS) is 22.9. The van der Waals surface area contributed by atoms with Gasteiger partial charge in [-0.1, -0.05) is 0 Å². The molecule has 0 aromatic carbocycles. The SMILES string of the molecule is FC(F)(F)CCCOCC1CCCN1. The van der Waals surface area contributed by atoms with Crippen LogP contribution in [0.3, 0.4) is 0 Å². The van der Waals surface area contributed by atoms with Gasteiger partial charge in [0.05, 0.1) is 6.61 Å². The van der Waals surface area contributed by atoms with E-state index in [9.17, 15) is 13.2 Å². The predicted molar refractivity (Wildman–Crippen MR) is 47.1 cm³/mol. The first kappa shape index (κ1) is 11.8. The summed E-state index contributed by atoms with van der Waals surface area (Å²) in [7, 11) is 0. The summed E-state index contributed by atoms with van der Waals surface area (Å²) in [5.41, 5.74) is 0. The number of nitrogens with one attached hydrogen (secondary N) is 1. The van der Waals surface area contributed by atoms with E-state index in [0.717, 1.165) is 19.4 Å². The van der Waals surface area contributed by atoms with Crippen molar-refractivity contribution in [1.29, 1.82) is 0 Å². The van der Waals surface area contributed by atoms with Crippen molar-refractivity contribution in [3.05, 3.63) is 0 Å². The van der Waals surface area contributed by atoms with Crippen LogP contribution < -0.4 is 5.32 Å². The van der Waals surface area contributed by atoms with Gasteiger partial charge in [0, 0.05) is 19.1 Å². The summed E-state index contributed by atoms with van der Waals surface area (Å²) in [6, 6.07) is 0.348. The van der Waals surface area contributed by atoms with Gasteiger partial charge in [0.2, 0.25) is 0 Å². The van der Waals surface area contributed by atoms with Gasteiger partial charge in [0.1, 0.15) is 0 Å². The standard InChI is InChI=1S/C9H16F3NO/c10-9(11,12)4-2-6-14-7-8-3-1-5-13-8/h8,13H,1-7H2. The van der Waals surface area contributed by atoms with Crippen LogP contribution in [0.15, 0.2) is 0 Å². The van der Waals surface area contributed by atoms with Gasteiger partial charge in [-0.05, 0) is 25.8 Å². The van der Waals surface area contributed by atoms with Gasteiger partial charge in [-0.15, -0.1) is 0 Å². The molecule has 2 nitrogen and oxygen atoms in total. The van der Waals surface area contributed by atoms with Gasteiger partial charge in [0.25, 0.3) is 0 Å². The number of alkyl halides is 3. The van der Waals surface area contributed by atoms with Gasteiger partial charge in [-0.2, -0.15) is 13.2 Å². The quantitative estimate of drug-likeness (QED) is 0.703. The molecule has 0 amide bonds. The van der Waals surface area contributed by atoms with Gasteiger partial charge in [0.15, 0.2) is 0 Å². The Labute approximate surface area is 81.8 Å². The van der Waals surface area contributed by atoms with E-state index in [1.165, 1.54) is 0 Å². The molecule has 5 heteroatoms. The van der Waals surface area contributed by atoms with E-state index in [1.807, 2.05) is 0 Å². The van der Waals surface area contributed by atoms with E-state index in [1.54, 1.807) is 0 Å². The molecule has 1 rings (SSSR count). The van der Waals surface area contributed by atoms with Crippen LogP contribution >= 0.6 is 0 Å². The minimum atomic E-state index is -4.05. The molecule has 1 saturated heterocycles. The van der Waals surface area contributed by atoms with E-state index in [0.29, 0.717) is 12.6 Å². The van der Waals surface area contributed by atoms with E-state index >= 15 is 0 Å². The maximum Gasteiger partial charge on any atom is 0.389 e. The van der Waals surface area contributed by atoms with Crippen LogP contribution in [0.4, 0.5) is 13.2 Å². The lowest BCUT2D eigenvalue weighted by molar-refractivity contribution is -0.138. The lowest BCUT2D eigenvalue weighted by Gasteiger charge is -2.11. The molecule has 1 atom stereocenters. The summed E-state index contributed by atoms with van der Waals surface area (Å²) in [6.07, 6.45) is -2.52. The van der Waals surface area contributed by atoms with Crippen molar-refractivity contribution in [2.45, 2.75) is 37.9 Å². The summed E-state index contributed by atoms with van der Waals surface area (Å²) in [5.74, 6) is 0. The fourth-order valence-corrected chi connectivity index (χ4v) is 1.50. The molecule has 1 unspecified atom stereocenters. The lowest BCUT2D eigenvalue weighted by atomic mass is 10.2. The molecular weight excluding hydrogens is 195 g/mol. The monoisotopic (exact) mass is 211 g/mol. The second-order valence-electron chi connectivity index (χ2n) is 3.59. The Bertz CT molecular complexity index is 155. The second kappa shape index (κ2) is 5.56. The fraction of sp³-hybridized carbons (Fsp3) is 1.00. The molecule has 1 aliphatic rings. The van der Waals surface area contributed by atoms with Crippen molar-refractivity contribution in [2.24, 2.45) is 0 Å². The smallest absolute Gasteiger partial charge is 0.380 e. The molecule has 0 aromatic rings. The number of ether oxygens (including phenoxy) is 1. The van der Waals surface area contributed by atoms with E-state index in [4.69, 9.17) is 4.74 Å². The zero-order valence-corrected chi connectivity index (χ0v) is 8.07.